The van der Waals surface area contributed by atoms with Crippen molar-refractivity contribution in [3.05, 3.63) is 51.8 Å². The van der Waals surface area contributed by atoms with E-state index in [0.717, 1.165) is 55.2 Å². The van der Waals surface area contributed by atoms with Crippen LogP contribution in [-0.2, 0) is 13.1 Å². The molecule has 1 aromatic carbocycles. The van der Waals surface area contributed by atoms with Gasteiger partial charge >= 0.3 is 0 Å². The summed E-state index contributed by atoms with van der Waals surface area (Å²) in [5.41, 5.74) is 2.33. The van der Waals surface area contributed by atoms with E-state index in [0.29, 0.717) is 0 Å². The Morgan fingerprint density at radius 1 is 1.05 bits per heavy atom. The van der Waals surface area contributed by atoms with Gasteiger partial charge in [0.05, 0.1) is 12.2 Å². The van der Waals surface area contributed by atoms with Crippen molar-refractivity contribution < 1.29 is 4.52 Å². The maximum Gasteiger partial charge on any atom is 0.150 e. The molecule has 5 heteroatoms. The Labute approximate surface area is 133 Å². The fourth-order valence-corrected chi connectivity index (χ4v) is 2.93. The summed E-state index contributed by atoms with van der Waals surface area (Å²) in [7, 11) is 0. The molecule has 0 unspecified atom stereocenters. The lowest BCUT2D eigenvalue weighted by atomic mass is 10.2. The Balaban J connectivity index is 1.47. The van der Waals surface area contributed by atoms with E-state index in [1.807, 2.05) is 13.0 Å². The first-order valence-electron chi connectivity index (χ1n) is 7.30. The van der Waals surface area contributed by atoms with Crippen LogP contribution < -0.4 is 0 Å². The van der Waals surface area contributed by atoms with Crippen molar-refractivity contribution in [2.45, 2.75) is 20.0 Å². The SMILES string of the molecule is Cc1cc(CN2CCN(Cc3ccc(Br)cc3)CC2)on1. The van der Waals surface area contributed by atoms with Crippen LogP contribution in [0.4, 0.5) is 0 Å². The minimum Gasteiger partial charge on any atom is -0.360 e. The van der Waals surface area contributed by atoms with Gasteiger partial charge in [0, 0.05) is 43.3 Å². The van der Waals surface area contributed by atoms with Crippen LogP contribution >= 0.6 is 15.9 Å². The number of hydrogen-bond acceptors (Lipinski definition) is 4. The summed E-state index contributed by atoms with van der Waals surface area (Å²) in [6.45, 7) is 8.22. The molecule has 0 aliphatic carbocycles. The van der Waals surface area contributed by atoms with Gasteiger partial charge in [-0.3, -0.25) is 9.80 Å². The molecule has 3 rings (SSSR count). The molecule has 1 aliphatic rings. The Bertz CT molecular complexity index is 573. The van der Waals surface area contributed by atoms with Crippen LogP contribution in [0, 0.1) is 6.92 Å². The quantitative estimate of drug-likeness (QED) is 0.849. The van der Waals surface area contributed by atoms with E-state index in [9.17, 15) is 0 Å². The van der Waals surface area contributed by atoms with Crippen molar-refractivity contribution in [1.29, 1.82) is 0 Å². The number of aromatic nitrogens is 1. The van der Waals surface area contributed by atoms with E-state index in [2.05, 4.69) is 55.2 Å². The van der Waals surface area contributed by atoms with Gasteiger partial charge in [0.2, 0.25) is 0 Å². The van der Waals surface area contributed by atoms with Crippen LogP contribution in [0.25, 0.3) is 0 Å². The van der Waals surface area contributed by atoms with Crippen LogP contribution in [0.2, 0.25) is 0 Å². The third-order valence-corrected chi connectivity index (χ3v) is 4.37. The molecule has 0 N–H and O–H groups in total. The average Bonchev–Trinajstić information content (AvgIpc) is 2.89. The van der Waals surface area contributed by atoms with Crippen molar-refractivity contribution in [3.63, 3.8) is 0 Å². The molecule has 1 aliphatic heterocycles. The third-order valence-electron chi connectivity index (χ3n) is 3.84. The molecule has 112 valence electrons. The first-order chi connectivity index (χ1) is 10.2. The second-order valence-electron chi connectivity index (χ2n) is 5.61. The fraction of sp³-hybridized carbons (Fsp3) is 0.438. The predicted molar refractivity (Wildman–Crippen MR) is 85.9 cm³/mol. The zero-order valence-electron chi connectivity index (χ0n) is 12.3. The fourth-order valence-electron chi connectivity index (χ4n) is 2.66. The van der Waals surface area contributed by atoms with Gasteiger partial charge in [-0.1, -0.05) is 33.2 Å². The molecule has 0 atom stereocenters. The van der Waals surface area contributed by atoms with E-state index < -0.39 is 0 Å². The van der Waals surface area contributed by atoms with Gasteiger partial charge in [0.25, 0.3) is 0 Å². The molecule has 0 bridgehead atoms. The number of hydrogen-bond donors (Lipinski definition) is 0. The zero-order valence-corrected chi connectivity index (χ0v) is 13.8. The van der Waals surface area contributed by atoms with Crippen molar-refractivity contribution in [2.24, 2.45) is 0 Å². The molecule has 4 nitrogen and oxygen atoms in total. The largest absolute Gasteiger partial charge is 0.360 e. The second-order valence-corrected chi connectivity index (χ2v) is 6.53. The number of rotatable bonds is 4. The summed E-state index contributed by atoms with van der Waals surface area (Å²) in [5.74, 6) is 0.967. The van der Waals surface area contributed by atoms with Crippen LogP contribution in [0.15, 0.2) is 39.3 Å². The van der Waals surface area contributed by atoms with Crippen LogP contribution in [0.3, 0.4) is 0 Å². The molecule has 2 aromatic rings. The van der Waals surface area contributed by atoms with Crippen molar-refractivity contribution in [3.8, 4) is 0 Å². The predicted octanol–water partition coefficient (Wildman–Crippen LogP) is 3.06. The summed E-state index contributed by atoms with van der Waals surface area (Å²) in [4.78, 5) is 4.93. The van der Waals surface area contributed by atoms with Gasteiger partial charge in [-0.05, 0) is 24.6 Å². The highest BCUT2D eigenvalue weighted by atomic mass is 79.9. The second kappa shape index (κ2) is 6.73. The first kappa shape index (κ1) is 14.8. The Morgan fingerprint density at radius 2 is 1.67 bits per heavy atom. The van der Waals surface area contributed by atoms with Crippen molar-refractivity contribution in [2.75, 3.05) is 26.2 Å². The van der Waals surface area contributed by atoms with E-state index in [1.54, 1.807) is 0 Å². The summed E-state index contributed by atoms with van der Waals surface area (Å²) in [6.07, 6.45) is 0. The molecular formula is C16H20BrN3O. The zero-order chi connectivity index (χ0) is 14.7. The van der Waals surface area contributed by atoms with Gasteiger partial charge in [-0.15, -0.1) is 0 Å². The summed E-state index contributed by atoms with van der Waals surface area (Å²) in [6, 6.07) is 10.6. The number of piperazine rings is 1. The lowest BCUT2D eigenvalue weighted by Gasteiger charge is -2.34. The van der Waals surface area contributed by atoms with Gasteiger partial charge in [-0.25, -0.2) is 0 Å². The van der Waals surface area contributed by atoms with E-state index >= 15 is 0 Å². The van der Waals surface area contributed by atoms with Crippen LogP contribution in [0.5, 0.6) is 0 Å². The number of nitrogens with zero attached hydrogens (tertiary/aromatic N) is 3. The first-order valence-corrected chi connectivity index (χ1v) is 8.10. The van der Waals surface area contributed by atoms with E-state index in [-0.39, 0.29) is 0 Å². The van der Waals surface area contributed by atoms with E-state index in [4.69, 9.17) is 4.52 Å². The Kier molecular flexibility index (Phi) is 4.73. The minimum atomic E-state index is 0.868. The highest BCUT2D eigenvalue weighted by Crippen LogP contribution is 2.14. The normalized spacial score (nSPS) is 17.2. The topological polar surface area (TPSA) is 32.5 Å². The van der Waals surface area contributed by atoms with Crippen LogP contribution in [-0.4, -0.2) is 41.1 Å². The van der Waals surface area contributed by atoms with Gasteiger partial charge in [0.15, 0.2) is 5.76 Å². The van der Waals surface area contributed by atoms with Gasteiger partial charge in [-0.2, -0.15) is 0 Å². The summed E-state index contributed by atoms with van der Waals surface area (Å²) >= 11 is 3.48. The molecule has 2 heterocycles. The number of benzene rings is 1. The van der Waals surface area contributed by atoms with Gasteiger partial charge in [0.1, 0.15) is 0 Å². The maximum absolute atomic E-state index is 5.29. The Hall–Kier alpha value is -1.17. The third kappa shape index (κ3) is 4.15. The van der Waals surface area contributed by atoms with Crippen molar-refractivity contribution >= 4 is 15.9 Å². The van der Waals surface area contributed by atoms with Crippen LogP contribution in [0.1, 0.15) is 17.0 Å². The Morgan fingerprint density at radius 3 is 2.24 bits per heavy atom. The summed E-state index contributed by atoms with van der Waals surface area (Å²) in [5, 5.41) is 3.94. The summed E-state index contributed by atoms with van der Waals surface area (Å²) < 4.78 is 6.43. The number of halogens is 1. The molecule has 0 amide bonds. The monoisotopic (exact) mass is 349 g/mol. The molecule has 0 spiro atoms. The molecule has 0 radical (unpaired) electrons. The minimum absolute atomic E-state index is 0.868. The molecule has 0 saturated carbocycles. The highest BCUT2D eigenvalue weighted by Gasteiger charge is 2.18. The molecular weight excluding hydrogens is 330 g/mol. The smallest absolute Gasteiger partial charge is 0.150 e. The maximum atomic E-state index is 5.29. The number of aryl methyl sites for hydroxylation is 1. The lowest BCUT2D eigenvalue weighted by molar-refractivity contribution is 0.113. The molecule has 1 saturated heterocycles. The van der Waals surface area contributed by atoms with Gasteiger partial charge < -0.3 is 4.52 Å². The molecule has 1 aromatic heterocycles. The molecule has 21 heavy (non-hydrogen) atoms. The lowest BCUT2D eigenvalue weighted by Crippen LogP contribution is -2.45. The van der Waals surface area contributed by atoms with Crippen molar-refractivity contribution in [1.82, 2.24) is 15.0 Å². The average molecular weight is 350 g/mol. The highest BCUT2D eigenvalue weighted by molar-refractivity contribution is 9.10. The molecule has 1 fully saturated rings. The standard InChI is InChI=1S/C16H20BrN3O/c1-13-10-16(21-18-13)12-20-8-6-19(7-9-20)11-14-2-4-15(17)5-3-14/h2-5,10H,6-9,11-12H2,1H3. The van der Waals surface area contributed by atoms with E-state index in [1.165, 1.54) is 5.56 Å².